The highest BCUT2D eigenvalue weighted by Crippen LogP contribution is 2.31. The van der Waals surface area contributed by atoms with Crippen LogP contribution in [0.2, 0.25) is 10.0 Å². The number of aromatic nitrogens is 1. The number of hydrogen-bond acceptors (Lipinski definition) is 3. The summed E-state index contributed by atoms with van der Waals surface area (Å²) in [6, 6.07) is 6.96. The third-order valence-electron chi connectivity index (χ3n) is 2.58. The number of nitrogens with zero attached hydrogens (tertiary/aromatic N) is 1. The summed E-state index contributed by atoms with van der Waals surface area (Å²) in [4.78, 5) is 4.17. The lowest BCUT2D eigenvalue weighted by atomic mass is 10.2. The topological polar surface area (TPSA) is 45.2 Å². The lowest BCUT2D eigenvalue weighted by Crippen LogP contribution is -2.02. The number of phenols is 1. The van der Waals surface area contributed by atoms with Crippen LogP contribution in [0, 0.1) is 6.92 Å². The molecule has 0 aliphatic heterocycles. The quantitative estimate of drug-likeness (QED) is 0.894. The molecule has 0 aliphatic carbocycles. The molecule has 94 valence electrons. The van der Waals surface area contributed by atoms with E-state index in [4.69, 9.17) is 23.2 Å². The zero-order chi connectivity index (χ0) is 13.1. The second-order valence-electron chi connectivity index (χ2n) is 3.89. The molecule has 0 saturated carbocycles. The van der Waals surface area contributed by atoms with Crippen LogP contribution in [0.25, 0.3) is 0 Å². The van der Waals surface area contributed by atoms with E-state index in [1.165, 1.54) is 6.07 Å². The van der Waals surface area contributed by atoms with E-state index in [-0.39, 0.29) is 10.8 Å². The Hall–Kier alpha value is -1.45. The molecule has 2 aromatic rings. The summed E-state index contributed by atoms with van der Waals surface area (Å²) in [6.45, 7) is 2.34. The van der Waals surface area contributed by atoms with Gasteiger partial charge >= 0.3 is 0 Å². The average molecular weight is 283 g/mol. The summed E-state index contributed by atoms with van der Waals surface area (Å²) in [5.41, 5.74) is 2.45. The van der Waals surface area contributed by atoms with Crippen LogP contribution in [0.1, 0.15) is 11.3 Å². The fourth-order valence-electron chi connectivity index (χ4n) is 1.62. The van der Waals surface area contributed by atoms with E-state index in [0.717, 1.165) is 11.4 Å². The van der Waals surface area contributed by atoms with Crippen molar-refractivity contribution in [3.05, 3.63) is 51.8 Å². The van der Waals surface area contributed by atoms with E-state index in [9.17, 15) is 5.11 Å². The minimum absolute atomic E-state index is 0.0510. The molecule has 0 amide bonds. The van der Waals surface area contributed by atoms with Crippen molar-refractivity contribution in [1.82, 2.24) is 4.98 Å². The Morgan fingerprint density at radius 1 is 1.33 bits per heavy atom. The maximum atomic E-state index is 9.82. The largest absolute Gasteiger partial charge is 0.506 e. The molecule has 18 heavy (non-hydrogen) atoms. The van der Waals surface area contributed by atoms with Crippen molar-refractivity contribution in [2.75, 3.05) is 5.32 Å². The predicted molar refractivity (Wildman–Crippen MR) is 74.4 cm³/mol. The monoisotopic (exact) mass is 282 g/mol. The van der Waals surface area contributed by atoms with Gasteiger partial charge in [-0.3, -0.25) is 4.98 Å². The van der Waals surface area contributed by atoms with Gasteiger partial charge in [0.25, 0.3) is 0 Å². The summed E-state index contributed by atoms with van der Waals surface area (Å²) in [5, 5.41) is 13.8. The Kier molecular flexibility index (Phi) is 3.94. The molecule has 2 rings (SSSR count). The molecule has 2 N–H and O–H groups in total. The number of pyridine rings is 1. The molecular formula is C13H12Cl2N2O. The molecule has 0 fully saturated rings. The molecule has 0 unspecified atom stereocenters. The van der Waals surface area contributed by atoms with Gasteiger partial charge in [0.05, 0.1) is 16.4 Å². The number of phenolic OH excluding ortho intramolecular Hbond substituents is 1. The summed E-state index contributed by atoms with van der Waals surface area (Å²) in [7, 11) is 0. The zero-order valence-electron chi connectivity index (χ0n) is 9.74. The minimum Gasteiger partial charge on any atom is -0.506 e. The van der Waals surface area contributed by atoms with E-state index < -0.39 is 0 Å². The van der Waals surface area contributed by atoms with Crippen LogP contribution >= 0.6 is 23.2 Å². The third-order valence-corrected chi connectivity index (χ3v) is 3.09. The fourth-order valence-corrected chi connectivity index (χ4v) is 2.15. The molecule has 3 nitrogen and oxygen atoms in total. The second-order valence-corrected chi connectivity index (χ2v) is 4.73. The smallest absolute Gasteiger partial charge is 0.139 e. The van der Waals surface area contributed by atoms with Gasteiger partial charge in [-0.15, -0.1) is 0 Å². The second kappa shape index (κ2) is 5.46. The van der Waals surface area contributed by atoms with E-state index in [0.29, 0.717) is 17.1 Å². The molecule has 5 heteroatoms. The molecule has 1 heterocycles. The Morgan fingerprint density at radius 2 is 2.11 bits per heavy atom. The lowest BCUT2D eigenvalue weighted by Gasteiger charge is -2.11. The molecular weight excluding hydrogens is 271 g/mol. The van der Waals surface area contributed by atoms with Gasteiger partial charge in [0.1, 0.15) is 5.75 Å². The Labute approximate surface area is 115 Å². The maximum Gasteiger partial charge on any atom is 0.139 e. The van der Waals surface area contributed by atoms with Crippen molar-refractivity contribution < 1.29 is 5.11 Å². The van der Waals surface area contributed by atoms with Crippen LogP contribution in [0.15, 0.2) is 30.5 Å². The standard InChI is InChI=1S/C13H12Cl2N2O/c1-8-12(3-2-4-16-8)17-7-9-5-10(14)6-11(15)13(9)18/h2-6,17-18H,7H2,1H3. The highest BCUT2D eigenvalue weighted by Gasteiger charge is 2.08. The molecule has 0 radical (unpaired) electrons. The number of halogens is 2. The number of nitrogens with one attached hydrogen (secondary N) is 1. The van der Waals surface area contributed by atoms with E-state index in [2.05, 4.69) is 10.3 Å². The van der Waals surface area contributed by atoms with Crippen molar-refractivity contribution in [2.24, 2.45) is 0 Å². The third kappa shape index (κ3) is 2.86. The molecule has 1 aromatic heterocycles. The van der Waals surface area contributed by atoms with Crippen molar-refractivity contribution in [1.29, 1.82) is 0 Å². The highest BCUT2D eigenvalue weighted by molar-refractivity contribution is 6.35. The van der Waals surface area contributed by atoms with Crippen LogP contribution < -0.4 is 5.32 Å². The SMILES string of the molecule is Cc1ncccc1NCc1cc(Cl)cc(Cl)c1O. The first-order valence-corrected chi connectivity index (χ1v) is 6.16. The zero-order valence-corrected chi connectivity index (χ0v) is 11.3. The normalized spacial score (nSPS) is 10.4. The first-order chi connectivity index (χ1) is 8.58. The molecule has 0 spiro atoms. The Balaban J connectivity index is 2.18. The van der Waals surface area contributed by atoms with Crippen molar-refractivity contribution >= 4 is 28.9 Å². The van der Waals surface area contributed by atoms with Crippen LogP contribution in [0.4, 0.5) is 5.69 Å². The van der Waals surface area contributed by atoms with E-state index >= 15 is 0 Å². The van der Waals surface area contributed by atoms with E-state index in [1.807, 2.05) is 19.1 Å². The van der Waals surface area contributed by atoms with Crippen LogP contribution in [0.5, 0.6) is 5.75 Å². The molecule has 0 saturated heterocycles. The lowest BCUT2D eigenvalue weighted by molar-refractivity contribution is 0.469. The van der Waals surface area contributed by atoms with Gasteiger partial charge in [0, 0.05) is 23.3 Å². The summed E-state index contributed by atoms with van der Waals surface area (Å²) < 4.78 is 0. The van der Waals surface area contributed by atoms with Crippen molar-refractivity contribution in [3.63, 3.8) is 0 Å². The van der Waals surface area contributed by atoms with Gasteiger partial charge in [-0.05, 0) is 31.2 Å². The molecule has 1 aromatic carbocycles. The van der Waals surface area contributed by atoms with Crippen molar-refractivity contribution in [2.45, 2.75) is 13.5 Å². The maximum absolute atomic E-state index is 9.82. The molecule has 0 atom stereocenters. The summed E-state index contributed by atoms with van der Waals surface area (Å²) >= 11 is 11.8. The minimum atomic E-state index is 0.0510. The van der Waals surface area contributed by atoms with Crippen LogP contribution in [0.3, 0.4) is 0 Å². The van der Waals surface area contributed by atoms with Gasteiger partial charge in [-0.1, -0.05) is 23.2 Å². The average Bonchev–Trinajstić information content (AvgIpc) is 2.33. The van der Waals surface area contributed by atoms with Gasteiger partial charge in [0.15, 0.2) is 0 Å². The fraction of sp³-hybridized carbons (Fsp3) is 0.154. The summed E-state index contributed by atoms with van der Waals surface area (Å²) in [5.74, 6) is 0.0510. The first kappa shape index (κ1) is 13.0. The predicted octanol–water partition coefficient (Wildman–Crippen LogP) is 4.01. The number of anilines is 1. The highest BCUT2D eigenvalue weighted by atomic mass is 35.5. The summed E-state index contributed by atoms with van der Waals surface area (Å²) in [6.07, 6.45) is 1.73. The van der Waals surface area contributed by atoms with Gasteiger partial charge in [-0.25, -0.2) is 0 Å². The number of aryl methyl sites for hydroxylation is 1. The number of hydrogen-bond donors (Lipinski definition) is 2. The van der Waals surface area contributed by atoms with Gasteiger partial charge < -0.3 is 10.4 Å². The van der Waals surface area contributed by atoms with Crippen molar-refractivity contribution in [3.8, 4) is 5.75 Å². The number of rotatable bonds is 3. The van der Waals surface area contributed by atoms with E-state index in [1.54, 1.807) is 12.3 Å². The molecule has 0 bridgehead atoms. The number of aromatic hydroxyl groups is 1. The van der Waals surface area contributed by atoms with Crippen LogP contribution in [-0.2, 0) is 6.54 Å². The first-order valence-electron chi connectivity index (χ1n) is 5.40. The Morgan fingerprint density at radius 3 is 2.83 bits per heavy atom. The molecule has 0 aliphatic rings. The van der Waals surface area contributed by atoms with Gasteiger partial charge in [0.2, 0.25) is 0 Å². The number of benzene rings is 1. The Bertz CT molecular complexity index is 573. The van der Waals surface area contributed by atoms with Gasteiger partial charge in [-0.2, -0.15) is 0 Å². The van der Waals surface area contributed by atoms with Crippen LogP contribution in [-0.4, -0.2) is 10.1 Å².